The van der Waals surface area contributed by atoms with Crippen LogP contribution in [0.4, 0.5) is 5.69 Å². The highest BCUT2D eigenvalue weighted by Gasteiger charge is 2.21. The quantitative estimate of drug-likeness (QED) is 0.883. The SMILES string of the molecule is CN(Cc1ccccn1)c1cc(Cl)ccc1CNC1CC1. The average molecular weight is 302 g/mol. The molecule has 0 spiro atoms. The standard InChI is InChI=1S/C17H20ClN3/c1-21(12-16-4-2-3-9-19-16)17-10-14(18)6-5-13(17)11-20-15-7-8-15/h2-6,9-10,15,20H,7-8,11-12H2,1H3. The van der Waals surface area contributed by atoms with Gasteiger partial charge in [0.15, 0.2) is 0 Å². The van der Waals surface area contributed by atoms with E-state index in [2.05, 4.69) is 28.3 Å². The van der Waals surface area contributed by atoms with E-state index < -0.39 is 0 Å². The molecule has 0 aliphatic heterocycles. The van der Waals surface area contributed by atoms with Crippen LogP contribution in [-0.4, -0.2) is 18.1 Å². The summed E-state index contributed by atoms with van der Waals surface area (Å²) in [5.41, 5.74) is 3.51. The summed E-state index contributed by atoms with van der Waals surface area (Å²) in [7, 11) is 2.08. The fraction of sp³-hybridized carbons (Fsp3) is 0.353. The van der Waals surface area contributed by atoms with Crippen LogP contribution in [0.2, 0.25) is 5.02 Å². The number of hydrogen-bond donors (Lipinski definition) is 1. The van der Waals surface area contributed by atoms with Crippen LogP contribution in [0.25, 0.3) is 0 Å². The molecule has 1 aromatic carbocycles. The lowest BCUT2D eigenvalue weighted by Crippen LogP contribution is -2.22. The summed E-state index contributed by atoms with van der Waals surface area (Å²) in [5, 5.41) is 4.34. The lowest BCUT2D eigenvalue weighted by Gasteiger charge is -2.23. The normalized spacial score (nSPS) is 14.2. The molecule has 0 bridgehead atoms. The number of nitrogens with zero attached hydrogens (tertiary/aromatic N) is 2. The van der Waals surface area contributed by atoms with E-state index in [1.54, 1.807) is 0 Å². The Balaban J connectivity index is 1.76. The van der Waals surface area contributed by atoms with Crippen molar-refractivity contribution in [3.8, 4) is 0 Å². The van der Waals surface area contributed by atoms with Gasteiger partial charge in [-0.3, -0.25) is 4.98 Å². The number of aromatic nitrogens is 1. The van der Waals surface area contributed by atoms with E-state index in [0.29, 0.717) is 6.04 Å². The van der Waals surface area contributed by atoms with Gasteiger partial charge in [-0.2, -0.15) is 0 Å². The molecular formula is C17H20ClN3. The van der Waals surface area contributed by atoms with Gasteiger partial charge in [0.2, 0.25) is 0 Å². The van der Waals surface area contributed by atoms with Crippen molar-refractivity contribution < 1.29 is 0 Å². The maximum absolute atomic E-state index is 6.18. The number of rotatable bonds is 6. The van der Waals surface area contributed by atoms with Gasteiger partial charge in [-0.05, 0) is 42.7 Å². The molecule has 0 saturated heterocycles. The zero-order valence-electron chi connectivity index (χ0n) is 12.2. The number of halogens is 1. The Labute approximate surface area is 131 Å². The highest BCUT2D eigenvalue weighted by Crippen LogP contribution is 2.27. The molecule has 1 saturated carbocycles. The zero-order chi connectivity index (χ0) is 14.7. The molecule has 0 atom stereocenters. The van der Waals surface area contributed by atoms with Gasteiger partial charge in [0.05, 0.1) is 12.2 Å². The Kier molecular flexibility index (Phi) is 4.42. The molecule has 1 N–H and O–H groups in total. The largest absolute Gasteiger partial charge is 0.368 e. The van der Waals surface area contributed by atoms with Crippen molar-refractivity contribution in [3.05, 3.63) is 58.9 Å². The molecule has 0 unspecified atom stereocenters. The molecule has 110 valence electrons. The number of benzene rings is 1. The number of hydrogen-bond acceptors (Lipinski definition) is 3. The molecule has 3 nitrogen and oxygen atoms in total. The monoisotopic (exact) mass is 301 g/mol. The van der Waals surface area contributed by atoms with Crippen molar-refractivity contribution in [1.29, 1.82) is 0 Å². The van der Waals surface area contributed by atoms with Crippen LogP contribution in [0.1, 0.15) is 24.1 Å². The first-order chi connectivity index (χ1) is 10.2. The van der Waals surface area contributed by atoms with Crippen molar-refractivity contribution in [1.82, 2.24) is 10.3 Å². The highest BCUT2D eigenvalue weighted by atomic mass is 35.5. The topological polar surface area (TPSA) is 28.2 Å². The summed E-state index contributed by atoms with van der Waals surface area (Å²) in [6, 6.07) is 12.8. The van der Waals surface area contributed by atoms with Gasteiger partial charge in [-0.1, -0.05) is 23.7 Å². The maximum Gasteiger partial charge on any atom is 0.0598 e. The van der Waals surface area contributed by atoms with Crippen LogP contribution in [0.15, 0.2) is 42.6 Å². The molecular weight excluding hydrogens is 282 g/mol. The van der Waals surface area contributed by atoms with Gasteiger partial charge in [-0.15, -0.1) is 0 Å². The van der Waals surface area contributed by atoms with Gasteiger partial charge >= 0.3 is 0 Å². The summed E-state index contributed by atoms with van der Waals surface area (Å²) < 4.78 is 0. The van der Waals surface area contributed by atoms with Crippen molar-refractivity contribution in [2.24, 2.45) is 0 Å². The molecule has 1 aliphatic rings. The maximum atomic E-state index is 6.18. The molecule has 1 fully saturated rings. The van der Waals surface area contributed by atoms with Gasteiger partial charge < -0.3 is 10.2 Å². The molecule has 1 aromatic heterocycles. The van der Waals surface area contributed by atoms with Crippen LogP contribution in [0.3, 0.4) is 0 Å². The van der Waals surface area contributed by atoms with Crippen LogP contribution >= 0.6 is 11.6 Å². The van der Waals surface area contributed by atoms with E-state index in [9.17, 15) is 0 Å². The van der Waals surface area contributed by atoms with Gasteiger partial charge in [0.25, 0.3) is 0 Å². The summed E-state index contributed by atoms with van der Waals surface area (Å²) in [4.78, 5) is 6.60. The average Bonchev–Trinajstić information content (AvgIpc) is 3.31. The second-order valence-corrected chi connectivity index (χ2v) is 6.04. The second-order valence-electron chi connectivity index (χ2n) is 5.61. The summed E-state index contributed by atoms with van der Waals surface area (Å²) in [5.74, 6) is 0. The van der Waals surface area contributed by atoms with E-state index in [0.717, 1.165) is 23.8 Å². The first-order valence-corrected chi connectivity index (χ1v) is 7.73. The molecule has 4 heteroatoms. The Bertz CT molecular complexity index is 596. The van der Waals surface area contributed by atoms with Gasteiger partial charge in [0.1, 0.15) is 0 Å². The molecule has 3 rings (SSSR count). The summed E-state index contributed by atoms with van der Waals surface area (Å²) in [6.45, 7) is 1.67. The lowest BCUT2D eigenvalue weighted by molar-refractivity contribution is 0.685. The first-order valence-electron chi connectivity index (χ1n) is 7.35. The Morgan fingerprint density at radius 3 is 2.86 bits per heavy atom. The summed E-state index contributed by atoms with van der Waals surface area (Å²) >= 11 is 6.18. The predicted octanol–water partition coefficient (Wildman–Crippen LogP) is 3.62. The molecule has 21 heavy (non-hydrogen) atoms. The smallest absolute Gasteiger partial charge is 0.0598 e. The molecule has 0 radical (unpaired) electrons. The number of anilines is 1. The molecule has 0 amide bonds. The van der Waals surface area contributed by atoms with Crippen LogP contribution in [0, 0.1) is 0 Å². The number of pyridine rings is 1. The third-order valence-electron chi connectivity index (χ3n) is 3.74. The van der Waals surface area contributed by atoms with Crippen LogP contribution in [0.5, 0.6) is 0 Å². The van der Waals surface area contributed by atoms with E-state index in [-0.39, 0.29) is 0 Å². The molecule has 1 heterocycles. The fourth-order valence-electron chi connectivity index (χ4n) is 2.40. The van der Waals surface area contributed by atoms with Crippen molar-refractivity contribution in [2.45, 2.75) is 32.0 Å². The Hall–Kier alpha value is -1.58. The van der Waals surface area contributed by atoms with Crippen LogP contribution < -0.4 is 10.2 Å². The van der Waals surface area contributed by atoms with E-state index in [1.165, 1.54) is 24.1 Å². The first kappa shape index (κ1) is 14.4. The molecule has 2 aromatic rings. The fourth-order valence-corrected chi connectivity index (χ4v) is 2.57. The van der Waals surface area contributed by atoms with E-state index in [1.807, 2.05) is 36.5 Å². The highest BCUT2D eigenvalue weighted by molar-refractivity contribution is 6.30. The minimum Gasteiger partial charge on any atom is -0.368 e. The third kappa shape index (κ3) is 3.96. The Morgan fingerprint density at radius 1 is 1.29 bits per heavy atom. The van der Waals surface area contributed by atoms with Crippen molar-refractivity contribution in [3.63, 3.8) is 0 Å². The van der Waals surface area contributed by atoms with Crippen molar-refractivity contribution in [2.75, 3.05) is 11.9 Å². The van der Waals surface area contributed by atoms with E-state index >= 15 is 0 Å². The van der Waals surface area contributed by atoms with Crippen molar-refractivity contribution >= 4 is 17.3 Å². The minimum absolute atomic E-state index is 0.703. The summed E-state index contributed by atoms with van der Waals surface area (Å²) in [6.07, 6.45) is 4.43. The predicted molar refractivity (Wildman–Crippen MR) is 87.7 cm³/mol. The lowest BCUT2D eigenvalue weighted by atomic mass is 10.1. The molecule has 1 aliphatic carbocycles. The minimum atomic E-state index is 0.703. The van der Waals surface area contributed by atoms with Crippen LogP contribution in [-0.2, 0) is 13.1 Å². The van der Waals surface area contributed by atoms with Gasteiger partial charge in [0, 0.05) is 36.5 Å². The Morgan fingerprint density at radius 2 is 2.14 bits per heavy atom. The third-order valence-corrected chi connectivity index (χ3v) is 3.98. The number of nitrogens with one attached hydrogen (secondary N) is 1. The van der Waals surface area contributed by atoms with E-state index in [4.69, 9.17) is 11.6 Å². The van der Waals surface area contributed by atoms with Gasteiger partial charge in [-0.25, -0.2) is 0 Å². The zero-order valence-corrected chi connectivity index (χ0v) is 13.0. The second kappa shape index (κ2) is 6.46.